The van der Waals surface area contributed by atoms with E-state index in [4.69, 9.17) is 5.73 Å². The average Bonchev–Trinajstić information content (AvgIpc) is 2.60. The van der Waals surface area contributed by atoms with Crippen LogP contribution < -0.4 is 11.4 Å². The largest absolute Gasteiger partial charge is 0.364 e. The van der Waals surface area contributed by atoms with Gasteiger partial charge in [-0.3, -0.25) is 0 Å². The first-order valence-electron chi connectivity index (χ1n) is 5.27. The molecule has 2 aromatic heterocycles. The lowest BCUT2D eigenvalue weighted by atomic mass is 10.0. The summed E-state index contributed by atoms with van der Waals surface area (Å²) in [6.07, 6.45) is 0.658. The van der Waals surface area contributed by atoms with Crippen LogP contribution in [0.4, 0.5) is 0 Å². The molecule has 1 unspecified atom stereocenters. The van der Waals surface area contributed by atoms with Crippen LogP contribution in [0.1, 0.15) is 19.5 Å². The van der Waals surface area contributed by atoms with Gasteiger partial charge in [0.2, 0.25) is 0 Å². The Kier molecular flexibility index (Phi) is 2.74. The number of hydrogen-bond acceptors (Lipinski definition) is 4. The smallest absolute Gasteiger partial charge is 0.327 e. The molecular formula is C10H15N5O. The van der Waals surface area contributed by atoms with E-state index in [0.717, 1.165) is 5.69 Å². The third-order valence-electron chi connectivity index (χ3n) is 2.63. The van der Waals surface area contributed by atoms with Crippen LogP contribution in [-0.2, 0) is 6.42 Å². The van der Waals surface area contributed by atoms with Gasteiger partial charge in [0.15, 0.2) is 5.65 Å². The highest BCUT2D eigenvalue weighted by Gasteiger charge is 2.10. The number of fused-ring (bicyclic) bond motifs is 1. The minimum Gasteiger partial charge on any atom is -0.327 e. The van der Waals surface area contributed by atoms with Crippen molar-refractivity contribution < 1.29 is 0 Å². The number of aromatic amines is 1. The van der Waals surface area contributed by atoms with Gasteiger partial charge in [0.05, 0.1) is 5.69 Å². The third-order valence-corrected chi connectivity index (χ3v) is 2.63. The molecule has 16 heavy (non-hydrogen) atoms. The number of nitrogens with zero attached hydrogens (tertiary/aromatic N) is 3. The van der Waals surface area contributed by atoms with Crippen molar-refractivity contribution in [2.24, 2.45) is 11.7 Å². The van der Waals surface area contributed by atoms with Gasteiger partial charge in [-0.1, -0.05) is 13.8 Å². The summed E-state index contributed by atoms with van der Waals surface area (Å²) in [5.41, 5.74) is 6.95. The summed E-state index contributed by atoms with van der Waals surface area (Å²) in [5, 5.41) is 10.3. The quantitative estimate of drug-likeness (QED) is 0.760. The highest BCUT2D eigenvalue weighted by molar-refractivity contribution is 5.34. The second-order valence-electron chi connectivity index (χ2n) is 4.24. The van der Waals surface area contributed by atoms with E-state index in [-0.39, 0.29) is 11.7 Å². The Balaban J connectivity index is 2.32. The number of aromatic nitrogens is 4. The summed E-state index contributed by atoms with van der Waals surface area (Å²) in [6, 6.07) is 3.65. The summed E-state index contributed by atoms with van der Waals surface area (Å²) >= 11 is 0. The van der Waals surface area contributed by atoms with Crippen LogP contribution in [0.2, 0.25) is 0 Å². The molecule has 1 atom stereocenters. The molecule has 6 nitrogen and oxygen atoms in total. The van der Waals surface area contributed by atoms with Crippen molar-refractivity contribution in [2.75, 3.05) is 0 Å². The van der Waals surface area contributed by atoms with Crippen molar-refractivity contribution >= 4 is 5.65 Å². The molecule has 0 saturated carbocycles. The molecule has 0 aromatic carbocycles. The number of nitrogens with one attached hydrogen (secondary N) is 1. The van der Waals surface area contributed by atoms with Gasteiger partial charge in [0.1, 0.15) is 0 Å². The van der Waals surface area contributed by atoms with E-state index < -0.39 is 0 Å². The van der Waals surface area contributed by atoms with E-state index in [9.17, 15) is 4.79 Å². The molecule has 6 heteroatoms. The van der Waals surface area contributed by atoms with E-state index >= 15 is 0 Å². The van der Waals surface area contributed by atoms with Crippen LogP contribution in [0.3, 0.4) is 0 Å². The molecule has 0 fully saturated rings. The first-order valence-corrected chi connectivity index (χ1v) is 5.27. The van der Waals surface area contributed by atoms with Crippen molar-refractivity contribution in [3.05, 3.63) is 28.3 Å². The third kappa shape index (κ3) is 1.96. The lowest BCUT2D eigenvalue weighted by Crippen LogP contribution is -2.29. The first kappa shape index (κ1) is 10.8. The summed E-state index contributed by atoms with van der Waals surface area (Å²) in [6.45, 7) is 4.13. The lowest BCUT2D eigenvalue weighted by Gasteiger charge is -2.14. The van der Waals surface area contributed by atoms with E-state index in [1.807, 2.05) is 6.07 Å². The van der Waals surface area contributed by atoms with Gasteiger partial charge in [-0.2, -0.15) is 14.7 Å². The van der Waals surface area contributed by atoms with Gasteiger partial charge in [0.25, 0.3) is 0 Å². The summed E-state index contributed by atoms with van der Waals surface area (Å²) in [7, 11) is 0. The van der Waals surface area contributed by atoms with Crippen LogP contribution in [0.15, 0.2) is 16.9 Å². The molecule has 3 N–H and O–H groups in total. The van der Waals surface area contributed by atoms with Crippen molar-refractivity contribution in [3.8, 4) is 0 Å². The van der Waals surface area contributed by atoms with Crippen molar-refractivity contribution in [1.82, 2.24) is 19.8 Å². The number of rotatable bonds is 3. The van der Waals surface area contributed by atoms with E-state index in [1.165, 1.54) is 4.52 Å². The molecule has 0 saturated heterocycles. The minimum atomic E-state index is -0.324. The molecule has 86 valence electrons. The van der Waals surface area contributed by atoms with Crippen LogP contribution in [-0.4, -0.2) is 25.9 Å². The zero-order valence-corrected chi connectivity index (χ0v) is 9.34. The van der Waals surface area contributed by atoms with Crippen LogP contribution in [0.25, 0.3) is 5.65 Å². The number of H-pyrrole nitrogens is 1. The lowest BCUT2D eigenvalue weighted by molar-refractivity contribution is 0.483. The molecule has 0 aliphatic carbocycles. The zero-order valence-electron chi connectivity index (χ0n) is 9.34. The van der Waals surface area contributed by atoms with E-state index in [2.05, 4.69) is 29.1 Å². The molecule has 0 aliphatic heterocycles. The van der Waals surface area contributed by atoms with Gasteiger partial charge in [-0.15, -0.1) is 0 Å². The van der Waals surface area contributed by atoms with Gasteiger partial charge in [-0.05, 0) is 18.1 Å². The Morgan fingerprint density at radius 2 is 2.25 bits per heavy atom. The maximum atomic E-state index is 11.3. The highest BCUT2D eigenvalue weighted by atomic mass is 16.2. The average molecular weight is 221 g/mol. The Morgan fingerprint density at radius 1 is 1.50 bits per heavy atom. The molecule has 0 bridgehead atoms. The molecule has 2 aromatic rings. The predicted molar refractivity (Wildman–Crippen MR) is 60.1 cm³/mol. The van der Waals surface area contributed by atoms with E-state index in [1.54, 1.807) is 6.07 Å². The Morgan fingerprint density at radius 3 is 2.94 bits per heavy atom. The van der Waals surface area contributed by atoms with Crippen LogP contribution in [0.5, 0.6) is 0 Å². The first-order chi connectivity index (χ1) is 7.58. The predicted octanol–water partition coefficient (Wildman–Crippen LogP) is -0.0566. The molecule has 2 heterocycles. The Hall–Kier alpha value is -1.69. The Bertz CT molecular complexity index is 541. The second-order valence-corrected chi connectivity index (χ2v) is 4.24. The summed E-state index contributed by atoms with van der Waals surface area (Å²) in [5.74, 6) is 0.388. The fraction of sp³-hybridized carbons (Fsp3) is 0.500. The highest BCUT2D eigenvalue weighted by Crippen LogP contribution is 2.06. The molecule has 2 rings (SSSR count). The minimum absolute atomic E-state index is 0.0487. The topological polar surface area (TPSA) is 89.1 Å². The molecule has 0 aliphatic rings. The Labute approximate surface area is 92.5 Å². The molecule has 0 spiro atoms. The van der Waals surface area contributed by atoms with Crippen molar-refractivity contribution in [1.29, 1.82) is 0 Å². The SMILES string of the molecule is CC(C)C(N)Cc1ccc2n[nH]c(=O)n2n1. The molecule has 0 amide bonds. The second kappa shape index (κ2) is 4.05. The van der Waals surface area contributed by atoms with E-state index in [0.29, 0.717) is 18.0 Å². The molecule has 0 radical (unpaired) electrons. The van der Waals surface area contributed by atoms with Gasteiger partial charge >= 0.3 is 5.69 Å². The van der Waals surface area contributed by atoms with Gasteiger partial charge in [0, 0.05) is 12.5 Å². The number of nitrogens with two attached hydrogens (primary N) is 1. The van der Waals surface area contributed by atoms with Crippen LogP contribution >= 0.6 is 0 Å². The maximum Gasteiger partial charge on any atom is 0.364 e. The summed E-state index contributed by atoms with van der Waals surface area (Å²) < 4.78 is 1.25. The van der Waals surface area contributed by atoms with Crippen molar-refractivity contribution in [2.45, 2.75) is 26.3 Å². The zero-order chi connectivity index (χ0) is 11.7. The monoisotopic (exact) mass is 221 g/mol. The standard InChI is InChI=1S/C10H15N5O/c1-6(2)8(11)5-7-3-4-9-12-13-10(16)15(9)14-7/h3-4,6,8H,5,11H2,1-2H3,(H,13,16). The summed E-state index contributed by atoms with van der Waals surface area (Å²) in [4.78, 5) is 11.3. The van der Waals surface area contributed by atoms with Crippen molar-refractivity contribution in [3.63, 3.8) is 0 Å². The van der Waals surface area contributed by atoms with Gasteiger partial charge in [-0.25, -0.2) is 9.89 Å². The number of hydrogen-bond donors (Lipinski definition) is 2. The maximum absolute atomic E-state index is 11.3. The molecular weight excluding hydrogens is 206 g/mol. The van der Waals surface area contributed by atoms with Crippen LogP contribution in [0, 0.1) is 5.92 Å². The normalized spacial score (nSPS) is 13.5. The fourth-order valence-corrected chi connectivity index (χ4v) is 1.43. The fourth-order valence-electron chi connectivity index (χ4n) is 1.43. The van der Waals surface area contributed by atoms with Gasteiger partial charge < -0.3 is 5.73 Å².